The lowest BCUT2D eigenvalue weighted by Crippen LogP contribution is -2.55. The fraction of sp³-hybridized carbons (Fsp3) is 0.833. The van der Waals surface area contributed by atoms with Gasteiger partial charge in [-0.1, -0.05) is 24.9 Å². The molecule has 0 aliphatic heterocycles. The van der Waals surface area contributed by atoms with Gasteiger partial charge in [0, 0.05) is 13.1 Å². The van der Waals surface area contributed by atoms with E-state index in [1.54, 1.807) is 11.9 Å². The minimum Gasteiger partial charge on any atom is -0.409 e. The summed E-state index contributed by atoms with van der Waals surface area (Å²) in [5.74, 6) is 0.0456. The summed E-state index contributed by atoms with van der Waals surface area (Å²) >= 11 is 0. The molecule has 0 heterocycles. The SMILES string of the molecule is CCCC(C)N(C)C(=O)C1(C(N)=NO)CCC1. The van der Waals surface area contributed by atoms with Crippen LogP contribution in [0, 0.1) is 5.41 Å². The van der Waals surface area contributed by atoms with Crippen LogP contribution in [-0.2, 0) is 4.79 Å². The van der Waals surface area contributed by atoms with Gasteiger partial charge in [-0.05, 0) is 26.2 Å². The summed E-state index contributed by atoms with van der Waals surface area (Å²) in [7, 11) is 1.80. The normalized spacial score (nSPS) is 20.5. The number of carbonyl (C=O) groups is 1. The molecule has 0 radical (unpaired) electrons. The number of amidine groups is 1. The number of oxime groups is 1. The Morgan fingerprint density at radius 2 is 2.18 bits per heavy atom. The Morgan fingerprint density at radius 1 is 1.59 bits per heavy atom. The molecule has 0 aromatic carbocycles. The molecule has 0 aromatic heterocycles. The Kier molecular flexibility index (Phi) is 4.37. The fourth-order valence-electron chi connectivity index (χ4n) is 2.35. The second-order valence-corrected chi connectivity index (χ2v) is 4.97. The molecule has 1 rings (SSSR count). The smallest absolute Gasteiger partial charge is 0.236 e. The molecule has 1 saturated carbocycles. The van der Waals surface area contributed by atoms with Crippen molar-refractivity contribution in [2.75, 3.05) is 7.05 Å². The van der Waals surface area contributed by atoms with Crippen LogP contribution in [-0.4, -0.2) is 34.9 Å². The van der Waals surface area contributed by atoms with E-state index in [1.807, 2.05) is 6.92 Å². The standard InChI is InChI=1S/C12H23N3O2/c1-4-6-9(2)15(3)11(16)12(7-5-8-12)10(13)14-17/h9,17H,4-8H2,1-3H3,(H2,13,14). The third-order valence-electron chi connectivity index (χ3n) is 3.90. The lowest BCUT2D eigenvalue weighted by Gasteiger charge is -2.42. The minimum absolute atomic E-state index is 0.0139. The summed E-state index contributed by atoms with van der Waals surface area (Å²) in [5.41, 5.74) is 4.93. The van der Waals surface area contributed by atoms with Crippen molar-refractivity contribution < 1.29 is 10.0 Å². The maximum Gasteiger partial charge on any atom is 0.236 e. The lowest BCUT2D eigenvalue weighted by molar-refractivity contribution is -0.142. The van der Waals surface area contributed by atoms with Crippen LogP contribution in [0.5, 0.6) is 0 Å². The van der Waals surface area contributed by atoms with E-state index in [0.717, 1.165) is 19.3 Å². The maximum atomic E-state index is 12.4. The Bertz CT molecular complexity index is 311. The van der Waals surface area contributed by atoms with Gasteiger partial charge in [-0.3, -0.25) is 4.79 Å². The Hall–Kier alpha value is -1.26. The van der Waals surface area contributed by atoms with Crippen molar-refractivity contribution in [2.45, 2.75) is 52.0 Å². The average molecular weight is 241 g/mol. The molecule has 1 amide bonds. The predicted octanol–water partition coefficient (Wildman–Crippen LogP) is 1.55. The molecule has 0 aromatic rings. The first-order chi connectivity index (χ1) is 7.99. The minimum atomic E-state index is -0.745. The molecule has 3 N–H and O–H groups in total. The first-order valence-corrected chi connectivity index (χ1v) is 6.25. The van der Waals surface area contributed by atoms with Crippen molar-refractivity contribution in [3.05, 3.63) is 0 Å². The topological polar surface area (TPSA) is 78.9 Å². The highest BCUT2D eigenvalue weighted by Crippen LogP contribution is 2.43. The zero-order chi connectivity index (χ0) is 13.1. The van der Waals surface area contributed by atoms with Crippen molar-refractivity contribution in [1.29, 1.82) is 0 Å². The monoisotopic (exact) mass is 241 g/mol. The van der Waals surface area contributed by atoms with Crippen molar-refractivity contribution in [1.82, 2.24) is 4.90 Å². The van der Waals surface area contributed by atoms with Crippen LogP contribution in [0.1, 0.15) is 46.0 Å². The molecule has 1 unspecified atom stereocenters. The van der Waals surface area contributed by atoms with Gasteiger partial charge in [0.2, 0.25) is 5.91 Å². The molecule has 0 saturated heterocycles. The second-order valence-electron chi connectivity index (χ2n) is 4.97. The first kappa shape index (κ1) is 13.8. The van der Waals surface area contributed by atoms with Crippen molar-refractivity contribution >= 4 is 11.7 Å². The summed E-state index contributed by atoms with van der Waals surface area (Å²) in [6.07, 6.45) is 4.33. The highest BCUT2D eigenvalue weighted by Gasteiger charge is 2.50. The molecule has 17 heavy (non-hydrogen) atoms. The molecule has 0 bridgehead atoms. The zero-order valence-corrected chi connectivity index (χ0v) is 10.9. The number of hydrogen-bond acceptors (Lipinski definition) is 3. The molecule has 0 spiro atoms. The quantitative estimate of drug-likeness (QED) is 0.332. The molecular formula is C12H23N3O2. The summed E-state index contributed by atoms with van der Waals surface area (Å²) in [5, 5.41) is 11.8. The van der Waals surface area contributed by atoms with Crippen LogP contribution >= 0.6 is 0 Å². The summed E-state index contributed by atoms with van der Waals surface area (Å²) in [4.78, 5) is 14.2. The number of amides is 1. The average Bonchev–Trinajstić information content (AvgIpc) is 2.26. The van der Waals surface area contributed by atoms with E-state index in [2.05, 4.69) is 12.1 Å². The van der Waals surface area contributed by atoms with Crippen LogP contribution in [0.3, 0.4) is 0 Å². The van der Waals surface area contributed by atoms with E-state index in [9.17, 15) is 4.79 Å². The van der Waals surface area contributed by atoms with Gasteiger partial charge in [0.1, 0.15) is 5.41 Å². The van der Waals surface area contributed by atoms with Crippen molar-refractivity contribution in [2.24, 2.45) is 16.3 Å². The Morgan fingerprint density at radius 3 is 2.53 bits per heavy atom. The molecule has 1 atom stereocenters. The van der Waals surface area contributed by atoms with Gasteiger partial charge in [-0.15, -0.1) is 0 Å². The third-order valence-corrected chi connectivity index (χ3v) is 3.90. The van der Waals surface area contributed by atoms with E-state index < -0.39 is 5.41 Å². The highest BCUT2D eigenvalue weighted by molar-refractivity contribution is 6.07. The van der Waals surface area contributed by atoms with Gasteiger partial charge < -0.3 is 15.8 Å². The predicted molar refractivity (Wildman–Crippen MR) is 66.8 cm³/mol. The lowest BCUT2D eigenvalue weighted by atomic mass is 9.66. The number of rotatable bonds is 5. The van der Waals surface area contributed by atoms with Gasteiger partial charge >= 0.3 is 0 Å². The van der Waals surface area contributed by atoms with Crippen LogP contribution in [0.2, 0.25) is 0 Å². The second kappa shape index (κ2) is 5.38. The summed E-state index contributed by atoms with van der Waals surface area (Å²) in [6.45, 7) is 4.12. The third kappa shape index (κ3) is 2.37. The molecule has 5 heteroatoms. The number of carbonyl (C=O) groups excluding carboxylic acids is 1. The molecule has 1 aliphatic rings. The van der Waals surface area contributed by atoms with Gasteiger partial charge in [-0.25, -0.2) is 0 Å². The largest absolute Gasteiger partial charge is 0.409 e. The zero-order valence-electron chi connectivity index (χ0n) is 10.9. The van der Waals surface area contributed by atoms with E-state index in [0.29, 0.717) is 12.8 Å². The maximum absolute atomic E-state index is 12.4. The Balaban J connectivity index is 2.80. The van der Waals surface area contributed by atoms with Gasteiger partial charge in [-0.2, -0.15) is 0 Å². The fourth-order valence-corrected chi connectivity index (χ4v) is 2.35. The van der Waals surface area contributed by atoms with E-state index in [1.165, 1.54) is 0 Å². The molecule has 5 nitrogen and oxygen atoms in total. The highest BCUT2D eigenvalue weighted by atomic mass is 16.4. The van der Waals surface area contributed by atoms with Crippen LogP contribution < -0.4 is 5.73 Å². The molecular weight excluding hydrogens is 218 g/mol. The van der Waals surface area contributed by atoms with Gasteiger partial charge in [0.25, 0.3) is 0 Å². The molecule has 1 aliphatic carbocycles. The Labute approximate surface area is 103 Å². The van der Waals surface area contributed by atoms with Crippen LogP contribution in [0.4, 0.5) is 0 Å². The number of nitrogens with zero attached hydrogens (tertiary/aromatic N) is 2. The van der Waals surface area contributed by atoms with E-state index in [-0.39, 0.29) is 17.8 Å². The van der Waals surface area contributed by atoms with Gasteiger partial charge in [0.15, 0.2) is 5.84 Å². The van der Waals surface area contributed by atoms with E-state index in [4.69, 9.17) is 10.9 Å². The first-order valence-electron chi connectivity index (χ1n) is 6.25. The van der Waals surface area contributed by atoms with Crippen LogP contribution in [0.25, 0.3) is 0 Å². The van der Waals surface area contributed by atoms with E-state index >= 15 is 0 Å². The number of nitrogens with two attached hydrogens (primary N) is 1. The van der Waals surface area contributed by atoms with Crippen LogP contribution in [0.15, 0.2) is 5.16 Å². The summed E-state index contributed by atoms with van der Waals surface area (Å²) in [6, 6.07) is 0.191. The summed E-state index contributed by atoms with van der Waals surface area (Å²) < 4.78 is 0. The molecule has 1 fully saturated rings. The van der Waals surface area contributed by atoms with Gasteiger partial charge in [0.05, 0.1) is 0 Å². The van der Waals surface area contributed by atoms with Crippen molar-refractivity contribution in [3.63, 3.8) is 0 Å². The number of hydrogen-bond donors (Lipinski definition) is 2. The molecule has 98 valence electrons. The van der Waals surface area contributed by atoms with Crippen molar-refractivity contribution in [3.8, 4) is 0 Å².